The molecule has 29 heavy (non-hydrogen) atoms. The van der Waals surface area contributed by atoms with Crippen LogP contribution >= 0.6 is 0 Å². The lowest BCUT2D eigenvalue weighted by atomic mass is 9.85. The maximum Gasteiger partial charge on any atom is 0.0270 e. The minimum atomic E-state index is 0.505. The van der Waals surface area contributed by atoms with Gasteiger partial charge in [0.05, 0.1) is 0 Å². The SMILES string of the molecule is C=C(CCC1=CC=C2CC=C(c3ccc(C)cc3)C21)Cc1ccc2c(c1)CCC2. The summed E-state index contributed by atoms with van der Waals surface area (Å²) in [5.41, 5.74) is 13.3. The highest BCUT2D eigenvalue weighted by Gasteiger charge is 2.30. The largest absolute Gasteiger partial charge is 0.0995 e. The molecule has 0 fully saturated rings. The molecule has 1 unspecified atom stereocenters. The van der Waals surface area contributed by atoms with Crippen LogP contribution < -0.4 is 0 Å². The lowest BCUT2D eigenvalue weighted by Gasteiger charge is -2.19. The molecule has 0 N–H and O–H groups in total. The number of aryl methyl sites for hydroxylation is 3. The average molecular weight is 379 g/mol. The van der Waals surface area contributed by atoms with Gasteiger partial charge in [0.15, 0.2) is 0 Å². The van der Waals surface area contributed by atoms with Crippen LogP contribution in [0.3, 0.4) is 0 Å². The number of hydrogen-bond donors (Lipinski definition) is 0. The Kier molecular flexibility index (Phi) is 4.87. The zero-order valence-corrected chi connectivity index (χ0v) is 17.5. The fourth-order valence-electron chi connectivity index (χ4n) is 5.27. The molecule has 0 spiro atoms. The normalized spacial score (nSPS) is 19.5. The molecule has 0 radical (unpaired) electrons. The van der Waals surface area contributed by atoms with E-state index >= 15 is 0 Å². The van der Waals surface area contributed by atoms with E-state index in [0.29, 0.717) is 5.92 Å². The summed E-state index contributed by atoms with van der Waals surface area (Å²) >= 11 is 0. The summed E-state index contributed by atoms with van der Waals surface area (Å²) in [6, 6.07) is 16.1. The zero-order valence-electron chi connectivity index (χ0n) is 17.5. The molecule has 0 heteroatoms. The van der Waals surface area contributed by atoms with Gasteiger partial charge in [-0.05, 0) is 79.7 Å². The Morgan fingerprint density at radius 2 is 1.83 bits per heavy atom. The molecule has 0 saturated carbocycles. The van der Waals surface area contributed by atoms with E-state index in [1.165, 1.54) is 47.1 Å². The predicted octanol–water partition coefficient (Wildman–Crippen LogP) is 7.33. The number of fused-ring (bicyclic) bond motifs is 2. The Morgan fingerprint density at radius 1 is 1.00 bits per heavy atom. The van der Waals surface area contributed by atoms with Crippen molar-refractivity contribution < 1.29 is 0 Å². The van der Waals surface area contributed by atoms with Crippen LogP contribution in [0.2, 0.25) is 0 Å². The van der Waals surface area contributed by atoms with Crippen LogP contribution in [0, 0.1) is 12.8 Å². The van der Waals surface area contributed by atoms with E-state index in [1.54, 1.807) is 22.3 Å². The maximum atomic E-state index is 4.42. The average Bonchev–Trinajstić information content (AvgIpc) is 3.43. The van der Waals surface area contributed by atoms with Gasteiger partial charge in [-0.3, -0.25) is 0 Å². The van der Waals surface area contributed by atoms with Gasteiger partial charge in [-0.1, -0.05) is 89.6 Å². The number of benzene rings is 2. The van der Waals surface area contributed by atoms with Crippen molar-refractivity contribution in [2.45, 2.75) is 51.9 Å². The molecule has 0 aromatic heterocycles. The van der Waals surface area contributed by atoms with Crippen molar-refractivity contribution in [2.24, 2.45) is 5.92 Å². The number of rotatable bonds is 6. The second kappa shape index (κ2) is 7.67. The summed E-state index contributed by atoms with van der Waals surface area (Å²) in [5.74, 6) is 0.505. The first-order chi connectivity index (χ1) is 14.2. The summed E-state index contributed by atoms with van der Waals surface area (Å²) in [7, 11) is 0. The minimum absolute atomic E-state index is 0.505. The quantitative estimate of drug-likeness (QED) is 0.462. The lowest BCUT2D eigenvalue weighted by molar-refractivity contribution is 0.812. The van der Waals surface area contributed by atoms with E-state index in [-0.39, 0.29) is 0 Å². The first-order valence-corrected chi connectivity index (χ1v) is 11.1. The van der Waals surface area contributed by atoms with Crippen molar-refractivity contribution in [3.8, 4) is 0 Å². The van der Waals surface area contributed by atoms with E-state index in [4.69, 9.17) is 0 Å². The summed E-state index contributed by atoms with van der Waals surface area (Å²) in [6.07, 6.45) is 15.3. The predicted molar refractivity (Wildman–Crippen MR) is 124 cm³/mol. The van der Waals surface area contributed by atoms with Crippen molar-refractivity contribution in [2.75, 3.05) is 0 Å². The van der Waals surface area contributed by atoms with Gasteiger partial charge < -0.3 is 0 Å². The zero-order chi connectivity index (χ0) is 19.8. The van der Waals surface area contributed by atoms with Gasteiger partial charge in [-0.25, -0.2) is 0 Å². The molecule has 0 nitrogen and oxygen atoms in total. The molecule has 2 aromatic carbocycles. The Labute approximate surface area is 175 Å². The van der Waals surface area contributed by atoms with Crippen molar-refractivity contribution in [3.05, 3.63) is 112 Å². The molecule has 0 aliphatic heterocycles. The first-order valence-electron chi connectivity index (χ1n) is 11.1. The van der Waals surface area contributed by atoms with Crippen LogP contribution in [-0.4, -0.2) is 0 Å². The van der Waals surface area contributed by atoms with Gasteiger partial charge in [0.1, 0.15) is 0 Å². The lowest BCUT2D eigenvalue weighted by Crippen LogP contribution is -2.04. The molecule has 2 aromatic rings. The van der Waals surface area contributed by atoms with E-state index in [2.05, 4.69) is 74.2 Å². The monoisotopic (exact) mass is 378 g/mol. The molecular weight excluding hydrogens is 348 g/mol. The van der Waals surface area contributed by atoms with Gasteiger partial charge in [0, 0.05) is 5.92 Å². The summed E-state index contributed by atoms with van der Waals surface area (Å²) in [5, 5.41) is 0. The summed E-state index contributed by atoms with van der Waals surface area (Å²) in [4.78, 5) is 0. The second-order valence-electron chi connectivity index (χ2n) is 9.03. The van der Waals surface area contributed by atoms with E-state index in [0.717, 1.165) is 25.7 Å². The Morgan fingerprint density at radius 3 is 2.69 bits per heavy atom. The van der Waals surface area contributed by atoms with Gasteiger partial charge in [0.2, 0.25) is 0 Å². The van der Waals surface area contributed by atoms with Gasteiger partial charge >= 0.3 is 0 Å². The molecule has 3 aliphatic carbocycles. The highest BCUT2D eigenvalue weighted by Crippen LogP contribution is 2.46. The second-order valence-corrected chi connectivity index (χ2v) is 9.03. The Bertz CT molecular complexity index is 1040. The molecule has 1 atom stereocenters. The van der Waals surface area contributed by atoms with Crippen molar-refractivity contribution in [1.82, 2.24) is 0 Å². The van der Waals surface area contributed by atoms with E-state index in [9.17, 15) is 0 Å². The fraction of sp³-hybridized carbons (Fsp3) is 0.310. The van der Waals surface area contributed by atoms with Crippen LogP contribution in [0.15, 0.2) is 84.0 Å². The first kappa shape index (κ1) is 18.4. The number of hydrogen-bond acceptors (Lipinski definition) is 0. The van der Waals surface area contributed by atoms with Crippen molar-refractivity contribution in [3.63, 3.8) is 0 Å². The standard InChI is InChI=1S/C29H30/c1-20-6-10-24(11-7-20)28-17-16-26-15-14-25(29(26)28)12-8-21(2)18-22-9-13-23-4-3-5-27(23)19-22/h6-7,9-11,13-15,17,19,29H,2-5,8,12,16,18H2,1H3. The third-order valence-corrected chi connectivity index (χ3v) is 6.89. The summed E-state index contributed by atoms with van der Waals surface area (Å²) in [6.45, 7) is 6.58. The van der Waals surface area contributed by atoms with Gasteiger partial charge in [0.25, 0.3) is 0 Å². The van der Waals surface area contributed by atoms with Crippen LogP contribution in [0.25, 0.3) is 5.57 Å². The molecule has 0 amide bonds. The molecule has 3 aliphatic rings. The molecule has 146 valence electrons. The van der Waals surface area contributed by atoms with Gasteiger partial charge in [-0.15, -0.1) is 0 Å². The van der Waals surface area contributed by atoms with E-state index in [1.807, 2.05) is 0 Å². The highest BCUT2D eigenvalue weighted by atomic mass is 14.3. The summed E-state index contributed by atoms with van der Waals surface area (Å²) < 4.78 is 0. The third-order valence-electron chi connectivity index (χ3n) is 6.89. The van der Waals surface area contributed by atoms with Crippen LogP contribution in [0.4, 0.5) is 0 Å². The van der Waals surface area contributed by atoms with E-state index < -0.39 is 0 Å². The van der Waals surface area contributed by atoms with Crippen molar-refractivity contribution >= 4 is 5.57 Å². The minimum Gasteiger partial charge on any atom is -0.0995 e. The smallest absolute Gasteiger partial charge is 0.0270 e. The number of allylic oxidation sites excluding steroid dienone is 7. The van der Waals surface area contributed by atoms with Crippen LogP contribution in [-0.2, 0) is 19.3 Å². The Balaban J connectivity index is 1.22. The van der Waals surface area contributed by atoms with Crippen LogP contribution in [0.5, 0.6) is 0 Å². The van der Waals surface area contributed by atoms with Crippen LogP contribution in [0.1, 0.15) is 53.5 Å². The molecule has 0 saturated heterocycles. The maximum absolute atomic E-state index is 4.42. The van der Waals surface area contributed by atoms with Gasteiger partial charge in [-0.2, -0.15) is 0 Å². The highest BCUT2D eigenvalue weighted by molar-refractivity contribution is 5.78. The molecule has 0 bridgehead atoms. The third kappa shape index (κ3) is 3.69. The topological polar surface area (TPSA) is 0 Å². The van der Waals surface area contributed by atoms with Crippen molar-refractivity contribution in [1.29, 1.82) is 0 Å². The molecule has 5 rings (SSSR count). The molecule has 0 heterocycles. The Hall–Kier alpha value is -2.60. The fourth-order valence-corrected chi connectivity index (χ4v) is 5.27. The molecular formula is C29H30.